The minimum atomic E-state index is -1.03. The maximum atomic E-state index is 11.9. The minimum absolute atomic E-state index is 0.377. The Balaban J connectivity index is 2.07. The van der Waals surface area contributed by atoms with E-state index in [0.717, 1.165) is 4.88 Å². The van der Waals surface area contributed by atoms with Crippen molar-refractivity contribution in [3.8, 4) is 0 Å². The first-order chi connectivity index (χ1) is 10.6. The first-order valence-electron chi connectivity index (χ1n) is 6.61. The van der Waals surface area contributed by atoms with Gasteiger partial charge < -0.3 is 14.9 Å². The SMILES string of the molecule is O=c1ccn([C@@H]2O[C@H](CO)[C@@H](O)C2=Cc2cccs2)c(=O)[nH]1. The molecule has 3 heterocycles. The molecule has 3 atom stereocenters. The van der Waals surface area contributed by atoms with Crippen molar-refractivity contribution >= 4 is 17.4 Å². The number of hydrogen-bond acceptors (Lipinski definition) is 6. The monoisotopic (exact) mass is 322 g/mol. The van der Waals surface area contributed by atoms with E-state index in [1.165, 1.54) is 28.2 Å². The number of aliphatic hydroxyl groups excluding tert-OH is 2. The summed E-state index contributed by atoms with van der Waals surface area (Å²) < 4.78 is 6.75. The van der Waals surface area contributed by atoms with Gasteiger partial charge in [-0.2, -0.15) is 0 Å². The molecule has 2 aromatic rings. The topological polar surface area (TPSA) is 105 Å². The minimum Gasteiger partial charge on any atom is -0.394 e. The number of rotatable bonds is 3. The number of hydrogen-bond donors (Lipinski definition) is 3. The van der Waals surface area contributed by atoms with E-state index in [4.69, 9.17) is 4.74 Å². The van der Waals surface area contributed by atoms with E-state index in [9.17, 15) is 19.8 Å². The molecule has 116 valence electrons. The summed E-state index contributed by atoms with van der Waals surface area (Å²) in [4.78, 5) is 26.1. The van der Waals surface area contributed by atoms with E-state index in [1.54, 1.807) is 6.08 Å². The third-order valence-electron chi connectivity index (χ3n) is 3.42. The van der Waals surface area contributed by atoms with Crippen LogP contribution < -0.4 is 11.2 Å². The Hall–Kier alpha value is -2.00. The molecule has 8 heteroatoms. The highest BCUT2D eigenvalue weighted by Gasteiger charge is 2.39. The lowest BCUT2D eigenvalue weighted by Crippen LogP contribution is -2.32. The maximum Gasteiger partial charge on any atom is 0.330 e. The Bertz CT molecular complexity index is 792. The smallest absolute Gasteiger partial charge is 0.330 e. The Kier molecular flexibility index (Phi) is 4.08. The van der Waals surface area contributed by atoms with E-state index >= 15 is 0 Å². The van der Waals surface area contributed by atoms with Crippen LogP contribution in [0.5, 0.6) is 0 Å². The largest absolute Gasteiger partial charge is 0.394 e. The van der Waals surface area contributed by atoms with Gasteiger partial charge in [0.05, 0.1) is 6.61 Å². The molecule has 3 rings (SSSR count). The molecule has 0 spiro atoms. The Morgan fingerprint density at radius 2 is 2.23 bits per heavy atom. The first kappa shape index (κ1) is 14.9. The summed E-state index contributed by atoms with van der Waals surface area (Å²) in [5, 5.41) is 21.5. The molecule has 1 aliphatic rings. The van der Waals surface area contributed by atoms with Crippen molar-refractivity contribution in [3.63, 3.8) is 0 Å². The molecule has 1 saturated heterocycles. The molecule has 0 unspecified atom stereocenters. The third kappa shape index (κ3) is 2.69. The number of H-pyrrole nitrogens is 1. The van der Waals surface area contributed by atoms with E-state index in [2.05, 4.69) is 4.98 Å². The highest BCUT2D eigenvalue weighted by Crippen LogP contribution is 2.35. The molecule has 22 heavy (non-hydrogen) atoms. The van der Waals surface area contributed by atoms with Gasteiger partial charge in [-0.15, -0.1) is 11.3 Å². The van der Waals surface area contributed by atoms with Gasteiger partial charge in [0.15, 0.2) is 6.23 Å². The highest BCUT2D eigenvalue weighted by molar-refractivity contribution is 7.10. The summed E-state index contributed by atoms with van der Waals surface area (Å²) in [7, 11) is 0. The molecule has 1 aliphatic heterocycles. The second kappa shape index (κ2) is 6.01. The molecular weight excluding hydrogens is 308 g/mol. The van der Waals surface area contributed by atoms with Gasteiger partial charge >= 0.3 is 5.69 Å². The molecular formula is C14H14N2O5S. The van der Waals surface area contributed by atoms with Crippen molar-refractivity contribution in [2.75, 3.05) is 6.61 Å². The summed E-state index contributed by atoms with van der Waals surface area (Å²) in [6.07, 6.45) is 0.304. The molecule has 0 radical (unpaired) electrons. The number of nitrogens with zero attached hydrogens (tertiary/aromatic N) is 1. The van der Waals surface area contributed by atoms with Gasteiger partial charge in [-0.3, -0.25) is 14.3 Å². The summed E-state index contributed by atoms with van der Waals surface area (Å²) in [6.45, 7) is -0.377. The van der Waals surface area contributed by atoms with Gasteiger partial charge in [0.2, 0.25) is 0 Å². The zero-order chi connectivity index (χ0) is 15.7. The third-order valence-corrected chi connectivity index (χ3v) is 4.24. The predicted octanol–water partition coefficient (Wildman–Crippen LogP) is -0.0677. The Morgan fingerprint density at radius 1 is 1.41 bits per heavy atom. The van der Waals surface area contributed by atoms with Crippen LogP contribution in [0.3, 0.4) is 0 Å². The number of aliphatic hydroxyl groups is 2. The summed E-state index contributed by atoms with van der Waals surface area (Å²) >= 11 is 1.47. The molecule has 1 fully saturated rings. The lowest BCUT2D eigenvalue weighted by Gasteiger charge is -2.15. The number of nitrogens with one attached hydrogen (secondary N) is 1. The van der Waals surface area contributed by atoms with Gasteiger partial charge in [-0.25, -0.2) is 4.79 Å². The first-order valence-corrected chi connectivity index (χ1v) is 7.49. The lowest BCUT2D eigenvalue weighted by molar-refractivity contribution is -0.0447. The summed E-state index contributed by atoms with van der Waals surface area (Å²) in [5.41, 5.74) is -0.696. The molecule has 7 nitrogen and oxygen atoms in total. The van der Waals surface area contributed by atoms with Gasteiger partial charge in [-0.05, 0) is 17.5 Å². The van der Waals surface area contributed by atoms with Crippen LogP contribution >= 0.6 is 11.3 Å². The van der Waals surface area contributed by atoms with Crippen LogP contribution in [0.4, 0.5) is 0 Å². The Labute approximate surface area is 128 Å². The second-order valence-electron chi connectivity index (χ2n) is 4.83. The zero-order valence-electron chi connectivity index (χ0n) is 11.4. The standard InChI is InChI=1S/C14H14N2O5S/c17-7-10-12(19)9(6-8-2-1-5-22-8)13(21-10)16-4-3-11(18)15-14(16)20/h1-6,10,12-13,17,19H,7H2,(H,15,18,20)/t10-,12+,13-/m1/s1. The van der Waals surface area contributed by atoms with Crippen molar-refractivity contribution in [1.29, 1.82) is 0 Å². The second-order valence-corrected chi connectivity index (χ2v) is 5.81. The van der Waals surface area contributed by atoms with Crippen LogP contribution in [0.15, 0.2) is 44.9 Å². The van der Waals surface area contributed by atoms with Crippen LogP contribution in [0.1, 0.15) is 11.1 Å². The van der Waals surface area contributed by atoms with E-state index < -0.39 is 29.7 Å². The normalized spacial score (nSPS) is 26.6. The highest BCUT2D eigenvalue weighted by atomic mass is 32.1. The van der Waals surface area contributed by atoms with E-state index in [1.807, 2.05) is 17.5 Å². The average Bonchev–Trinajstić information content (AvgIpc) is 3.10. The van der Waals surface area contributed by atoms with E-state index in [-0.39, 0.29) is 6.61 Å². The fourth-order valence-electron chi connectivity index (χ4n) is 2.35. The molecule has 0 aromatic carbocycles. The fraction of sp³-hybridized carbons (Fsp3) is 0.286. The molecule has 0 saturated carbocycles. The van der Waals surface area contributed by atoms with Crippen LogP contribution in [-0.4, -0.2) is 38.6 Å². The van der Waals surface area contributed by atoms with Crippen LogP contribution in [-0.2, 0) is 4.74 Å². The quantitative estimate of drug-likeness (QED) is 0.734. The van der Waals surface area contributed by atoms with Crippen LogP contribution in [0, 0.1) is 0 Å². The van der Waals surface area contributed by atoms with Gasteiger partial charge in [0, 0.05) is 22.7 Å². The molecule has 2 aromatic heterocycles. The van der Waals surface area contributed by atoms with Crippen molar-refractivity contribution in [1.82, 2.24) is 9.55 Å². The predicted molar refractivity (Wildman–Crippen MR) is 80.6 cm³/mol. The fourth-order valence-corrected chi connectivity index (χ4v) is 3.03. The van der Waals surface area contributed by atoms with Crippen molar-refractivity contribution in [2.45, 2.75) is 18.4 Å². The molecule has 0 amide bonds. The number of aromatic nitrogens is 2. The summed E-state index contributed by atoms with van der Waals surface area (Å²) in [6, 6.07) is 4.93. The van der Waals surface area contributed by atoms with Gasteiger partial charge in [-0.1, -0.05) is 6.07 Å². The molecule has 3 N–H and O–H groups in total. The van der Waals surface area contributed by atoms with Crippen molar-refractivity contribution in [3.05, 3.63) is 61.1 Å². The van der Waals surface area contributed by atoms with E-state index in [0.29, 0.717) is 5.57 Å². The van der Waals surface area contributed by atoms with Crippen LogP contribution in [0.25, 0.3) is 6.08 Å². The average molecular weight is 322 g/mol. The Morgan fingerprint density at radius 3 is 2.86 bits per heavy atom. The number of aromatic amines is 1. The van der Waals surface area contributed by atoms with Crippen LogP contribution in [0.2, 0.25) is 0 Å². The summed E-state index contributed by atoms with van der Waals surface area (Å²) in [5.74, 6) is 0. The number of ether oxygens (including phenoxy) is 1. The van der Waals surface area contributed by atoms with Gasteiger partial charge in [0.1, 0.15) is 12.2 Å². The lowest BCUT2D eigenvalue weighted by atomic mass is 10.1. The maximum absolute atomic E-state index is 11.9. The molecule has 0 aliphatic carbocycles. The van der Waals surface area contributed by atoms with Gasteiger partial charge in [0.25, 0.3) is 5.56 Å². The van der Waals surface area contributed by atoms with Crippen molar-refractivity contribution in [2.24, 2.45) is 0 Å². The number of thiophene rings is 1. The van der Waals surface area contributed by atoms with Crippen molar-refractivity contribution < 1.29 is 14.9 Å². The molecule has 0 bridgehead atoms. The zero-order valence-corrected chi connectivity index (χ0v) is 12.2.